The Labute approximate surface area is 149 Å². The van der Waals surface area contributed by atoms with Crippen LogP contribution in [0.2, 0.25) is 0 Å². The van der Waals surface area contributed by atoms with Gasteiger partial charge in [-0.25, -0.2) is 0 Å². The average molecular weight is 351 g/mol. The number of nitrogens with one attached hydrogen (secondary N) is 1. The first kappa shape index (κ1) is 15.8. The zero-order valence-corrected chi connectivity index (χ0v) is 14.5. The van der Waals surface area contributed by atoms with Crippen LogP contribution in [0.4, 0.5) is 5.13 Å². The minimum absolute atomic E-state index is 0.256. The lowest BCUT2D eigenvalue weighted by atomic mass is 10.2. The summed E-state index contributed by atoms with van der Waals surface area (Å²) in [7, 11) is 0. The molecule has 3 aromatic rings. The molecule has 0 saturated heterocycles. The molecule has 2 aromatic heterocycles. The maximum Gasteiger partial charge on any atom is 0.250 e. The van der Waals surface area contributed by atoms with E-state index in [0.29, 0.717) is 22.7 Å². The van der Waals surface area contributed by atoms with E-state index in [4.69, 9.17) is 4.42 Å². The van der Waals surface area contributed by atoms with E-state index < -0.39 is 0 Å². The van der Waals surface area contributed by atoms with Crippen molar-refractivity contribution in [1.29, 1.82) is 0 Å². The SMILES string of the molecule is CC1CC1c1ccc(/C=C/C(=O)Nc2nnc(-c3ccccc3)s2)o1. The van der Waals surface area contributed by atoms with Crippen molar-refractivity contribution in [3.05, 3.63) is 60.1 Å². The number of rotatable bonds is 5. The highest BCUT2D eigenvalue weighted by molar-refractivity contribution is 7.18. The Morgan fingerprint density at radius 1 is 1.24 bits per heavy atom. The Balaban J connectivity index is 1.37. The van der Waals surface area contributed by atoms with Crippen LogP contribution in [0.3, 0.4) is 0 Å². The fourth-order valence-electron chi connectivity index (χ4n) is 2.65. The number of hydrogen-bond donors (Lipinski definition) is 1. The molecule has 1 aromatic carbocycles. The van der Waals surface area contributed by atoms with Crippen molar-refractivity contribution in [2.75, 3.05) is 5.32 Å². The lowest BCUT2D eigenvalue weighted by molar-refractivity contribution is -0.111. The van der Waals surface area contributed by atoms with Gasteiger partial charge >= 0.3 is 0 Å². The average Bonchev–Trinajstić information content (AvgIpc) is 3.04. The van der Waals surface area contributed by atoms with E-state index in [0.717, 1.165) is 16.3 Å². The number of aromatic nitrogens is 2. The Morgan fingerprint density at radius 2 is 2.04 bits per heavy atom. The number of carbonyl (C=O) groups excluding carboxylic acids is 1. The molecule has 0 bridgehead atoms. The summed E-state index contributed by atoms with van der Waals surface area (Å²) in [6.45, 7) is 2.21. The summed E-state index contributed by atoms with van der Waals surface area (Å²) in [5.74, 6) is 2.67. The van der Waals surface area contributed by atoms with Crippen LogP contribution in [-0.4, -0.2) is 16.1 Å². The van der Waals surface area contributed by atoms with Gasteiger partial charge in [-0.2, -0.15) is 0 Å². The van der Waals surface area contributed by atoms with Crippen molar-refractivity contribution in [3.63, 3.8) is 0 Å². The second-order valence-electron chi connectivity index (χ2n) is 6.16. The topological polar surface area (TPSA) is 68.0 Å². The van der Waals surface area contributed by atoms with Gasteiger partial charge in [0.1, 0.15) is 16.5 Å². The minimum Gasteiger partial charge on any atom is -0.461 e. The number of benzene rings is 1. The predicted octanol–water partition coefficient (Wildman–Crippen LogP) is 4.57. The second kappa shape index (κ2) is 6.64. The van der Waals surface area contributed by atoms with Gasteiger partial charge in [0, 0.05) is 17.6 Å². The predicted molar refractivity (Wildman–Crippen MR) is 98.2 cm³/mol. The maximum absolute atomic E-state index is 12.0. The third-order valence-corrected chi connectivity index (χ3v) is 5.09. The molecule has 5 nitrogen and oxygen atoms in total. The molecule has 2 heterocycles. The van der Waals surface area contributed by atoms with Gasteiger partial charge in [-0.15, -0.1) is 10.2 Å². The van der Waals surface area contributed by atoms with Crippen molar-refractivity contribution in [3.8, 4) is 10.6 Å². The van der Waals surface area contributed by atoms with Crippen LogP contribution in [0.1, 0.15) is 30.8 Å². The molecule has 0 radical (unpaired) electrons. The molecule has 1 saturated carbocycles. The molecule has 1 aliphatic rings. The lowest BCUT2D eigenvalue weighted by Crippen LogP contribution is -2.07. The van der Waals surface area contributed by atoms with Crippen molar-refractivity contribution in [2.24, 2.45) is 5.92 Å². The van der Waals surface area contributed by atoms with E-state index in [1.54, 1.807) is 6.08 Å². The molecule has 2 unspecified atom stereocenters. The van der Waals surface area contributed by atoms with E-state index in [-0.39, 0.29) is 5.91 Å². The van der Waals surface area contributed by atoms with Gasteiger partial charge in [-0.3, -0.25) is 10.1 Å². The van der Waals surface area contributed by atoms with Crippen LogP contribution in [0.5, 0.6) is 0 Å². The molecule has 1 aliphatic carbocycles. The third-order valence-electron chi connectivity index (χ3n) is 4.20. The number of amides is 1. The molecule has 0 spiro atoms. The quantitative estimate of drug-likeness (QED) is 0.684. The van der Waals surface area contributed by atoms with Gasteiger partial charge in [-0.1, -0.05) is 48.6 Å². The number of furan rings is 1. The van der Waals surface area contributed by atoms with Gasteiger partial charge in [0.2, 0.25) is 11.0 Å². The molecule has 126 valence electrons. The van der Waals surface area contributed by atoms with Gasteiger partial charge in [0.25, 0.3) is 0 Å². The summed E-state index contributed by atoms with van der Waals surface area (Å²) in [5, 5.41) is 12.1. The van der Waals surface area contributed by atoms with Crippen molar-refractivity contribution in [2.45, 2.75) is 19.3 Å². The number of carbonyl (C=O) groups is 1. The summed E-state index contributed by atoms with van der Waals surface area (Å²) in [5.41, 5.74) is 0.980. The second-order valence-corrected chi connectivity index (χ2v) is 7.14. The monoisotopic (exact) mass is 351 g/mol. The molecule has 1 N–H and O–H groups in total. The van der Waals surface area contributed by atoms with Gasteiger partial charge < -0.3 is 4.42 Å². The summed E-state index contributed by atoms with van der Waals surface area (Å²) < 4.78 is 5.75. The van der Waals surface area contributed by atoms with Crippen LogP contribution in [0.25, 0.3) is 16.6 Å². The molecule has 1 amide bonds. The summed E-state index contributed by atoms with van der Waals surface area (Å²) in [6.07, 6.45) is 4.30. The summed E-state index contributed by atoms with van der Waals surface area (Å²) in [6, 6.07) is 13.6. The number of nitrogens with zero attached hydrogens (tertiary/aromatic N) is 2. The summed E-state index contributed by atoms with van der Waals surface area (Å²) >= 11 is 1.34. The van der Waals surface area contributed by atoms with E-state index >= 15 is 0 Å². The van der Waals surface area contributed by atoms with Crippen LogP contribution >= 0.6 is 11.3 Å². The zero-order chi connectivity index (χ0) is 17.2. The van der Waals surface area contributed by atoms with Gasteiger partial charge in [-0.05, 0) is 30.5 Å². The lowest BCUT2D eigenvalue weighted by Gasteiger charge is -1.94. The van der Waals surface area contributed by atoms with Crippen LogP contribution in [0.15, 0.2) is 53.0 Å². The van der Waals surface area contributed by atoms with Crippen molar-refractivity contribution in [1.82, 2.24) is 10.2 Å². The first-order valence-electron chi connectivity index (χ1n) is 8.17. The molecule has 6 heteroatoms. The molecule has 2 atom stereocenters. The molecule has 0 aliphatic heterocycles. The van der Waals surface area contributed by atoms with E-state index in [1.807, 2.05) is 42.5 Å². The highest BCUT2D eigenvalue weighted by Crippen LogP contribution is 2.47. The Kier molecular flexibility index (Phi) is 4.19. The minimum atomic E-state index is -0.256. The van der Waals surface area contributed by atoms with Crippen molar-refractivity contribution >= 4 is 28.5 Å². The van der Waals surface area contributed by atoms with Crippen molar-refractivity contribution < 1.29 is 9.21 Å². The fourth-order valence-corrected chi connectivity index (χ4v) is 3.40. The van der Waals surface area contributed by atoms with E-state index in [1.165, 1.54) is 23.8 Å². The largest absolute Gasteiger partial charge is 0.461 e. The Bertz CT molecular complexity index is 914. The van der Waals surface area contributed by atoms with Gasteiger partial charge in [0.15, 0.2) is 0 Å². The first-order valence-corrected chi connectivity index (χ1v) is 8.98. The van der Waals surface area contributed by atoms with E-state index in [2.05, 4.69) is 22.4 Å². The molecule has 1 fully saturated rings. The summed E-state index contributed by atoms with van der Waals surface area (Å²) in [4.78, 5) is 12.0. The smallest absolute Gasteiger partial charge is 0.250 e. The molecular weight excluding hydrogens is 334 g/mol. The molecule has 4 rings (SSSR count). The number of hydrogen-bond acceptors (Lipinski definition) is 5. The third kappa shape index (κ3) is 3.69. The zero-order valence-electron chi connectivity index (χ0n) is 13.7. The Morgan fingerprint density at radius 3 is 2.80 bits per heavy atom. The highest BCUT2D eigenvalue weighted by atomic mass is 32.1. The normalized spacial score (nSPS) is 19.2. The Hall–Kier alpha value is -2.73. The van der Waals surface area contributed by atoms with E-state index in [9.17, 15) is 4.79 Å². The fraction of sp³-hybridized carbons (Fsp3) is 0.211. The maximum atomic E-state index is 12.0. The molecular formula is C19H17N3O2S. The standard InChI is InChI=1S/C19H17N3O2S/c1-12-11-15(12)16-9-7-14(24-16)8-10-17(23)20-19-22-21-18(25-19)13-5-3-2-4-6-13/h2-10,12,15H,11H2,1H3,(H,20,22,23)/b10-8+. The van der Waals surface area contributed by atoms with Crippen LogP contribution < -0.4 is 5.32 Å². The van der Waals surface area contributed by atoms with Crippen LogP contribution in [0, 0.1) is 5.92 Å². The number of anilines is 1. The van der Waals surface area contributed by atoms with Gasteiger partial charge in [0.05, 0.1) is 0 Å². The van der Waals surface area contributed by atoms with Crippen LogP contribution in [-0.2, 0) is 4.79 Å². The molecule has 25 heavy (non-hydrogen) atoms. The first-order chi connectivity index (χ1) is 12.2. The highest BCUT2D eigenvalue weighted by Gasteiger charge is 2.36.